The molecule has 0 amide bonds. The molecular formula is C9H6F5NO3. The Labute approximate surface area is 97.3 Å². The van der Waals surface area contributed by atoms with Gasteiger partial charge in [0.15, 0.2) is 5.82 Å². The lowest BCUT2D eigenvalue weighted by Crippen LogP contribution is -2.20. The normalized spacial score (nSPS) is 11.2. The van der Waals surface area contributed by atoms with Crippen LogP contribution in [0.4, 0.5) is 22.0 Å². The fourth-order valence-corrected chi connectivity index (χ4v) is 1.08. The summed E-state index contributed by atoms with van der Waals surface area (Å²) in [5.41, 5.74) is -1.88. The Morgan fingerprint density at radius 1 is 1.44 bits per heavy atom. The topological polar surface area (TPSA) is 48.4 Å². The van der Waals surface area contributed by atoms with E-state index >= 15 is 0 Å². The van der Waals surface area contributed by atoms with Gasteiger partial charge in [0, 0.05) is 6.20 Å². The van der Waals surface area contributed by atoms with E-state index < -0.39 is 41.8 Å². The van der Waals surface area contributed by atoms with Crippen LogP contribution in [-0.2, 0) is 11.4 Å². The summed E-state index contributed by atoms with van der Waals surface area (Å²) in [6.45, 7) is -1.62. The number of esters is 1. The van der Waals surface area contributed by atoms with Gasteiger partial charge < -0.3 is 9.47 Å². The fraction of sp³-hybridized carbons (Fsp3) is 0.333. The summed E-state index contributed by atoms with van der Waals surface area (Å²) >= 11 is 0. The van der Waals surface area contributed by atoms with Crippen LogP contribution in [-0.4, -0.2) is 24.4 Å². The number of rotatable bonds is 3. The lowest BCUT2D eigenvalue weighted by atomic mass is 10.2. The van der Waals surface area contributed by atoms with Crippen molar-refractivity contribution >= 4 is 5.97 Å². The number of hydrogen-bond acceptors (Lipinski definition) is 4. The zero-order valence-corrected chi connectivity index (χ0v) is 8.85. The van der Waals surface area contributed by atoms with Crippen molar-refractivity contribution in [3.63, 3.8) is 0 Å². The van der Waals surface area contributed by atoms with E-state index in [1.54, 1.807) is 0 Å². The molecule has 100 valence electrons. The largest absolute Gasteiger partial charge is 0.574 e. The number of methoxy groups -OCH3 is 1. The van der Waals surface area contributed by atoms with Crippen LogP contribution in [0.3, 0.4) is 0 Å². The third kappa shape index (κ3) is 3.05. The van der Waals surface area contributed by atoms with E-state index in [4.69, 9.17) is 0 Å². The van der Waals surface area contributed by atoms with Gasteiger partial charge in [-0.2, -0.15) is 0 Å². The molecule has 0 atom stereocenters. The van der Waals surface area contributed by atoms with Gasteiger partial charge in [-0.1, -0.05) is 0 Å². The predicted octanol–water partition coefficient (Wildman–Crippen LogP) is 2.38. The van der Waals surface area contributed by atoms with Crippen LogP contribution >= 0.6 is 0 Å². The van der Waals surface area contributed by atoms with E-state index in [0.717, 1.165) is 7.11 Å². The smallest absolute Gasteiger partial charge is 0.465 e. The molecule has 9 heteroatoms. The Morgan fingerprint density at radius 3 is 2.50 bits per heavy atom. The van der Waals surface area contributed by atoms with Crippen LogP contribution < -0.4 is 4.74 Å². The number of carbonyl (C=O) groups is 1. The summed E-state index contributed by atoms with van der Waals surface area (Å²) in [7, 11) is 0.928. The molecule has 18 heavy (non-hydrogen) atoms. The first-order chi connectivity index (χ1) is 8.30. The zero-order chi connectivity index (χ0) is 13.9. The number of ether oxygens (including phenoxy) is 2. The quantitative estimate of drug-likeness (QED) is 0.625. The van der Waals surface area contributed by atoms with E-state index in [1.807, 2.05) is 0 Å². The molecule has 0 saturated carbocycles. The molecule has 1 aromatic heterocycles. The van der Waals surface area contributed by atoms with Crippen molar-refractivity contribution in [1.29, 1.82) is 0 Å². The van der Waals surface area contributed by atoms with Gasteiger partial charge in [-0.05, 0) is 0 Å². The monoisotopic (exact) mass is 271 g/mol. The van der Waals surface area contributed by atoms with E-state index in [9.17, 15) is 26.7 Å². The molecule has 0 bridgehead atoms. The average molecular weight is 271 g/mol. The van der Waals surface area contributed by atoms with Crippen LogP contribution in [0.1, 0.15) is 15.9 Å². The minimum Gasteiger partial charge on any atom is -0.465 e. The number of nitrogens with zero attached hydrogens (tertiary/aromatic N) is 1. The second-order valence-corrected chi connectivity index (χ2v) is 2.94. The minimum absolute atomic E-state index is 0.474. The summed E-state index contributed by atoms with van der Waals surface area (Å²) in [6.07, 6.45) is -4.67. The number of hydrogen-bond donors (Lipinski definition) is 0. The second-order valence-electron chi connectivity index (χ2n) is 2.94. The van der Waals surface area contributed by atoms with E-state index in [1.165, 1.54) is 0 Å². The molecule has 1 rings (SSSR count). The third-order valence-electron chi connectivity index (χ3n) is 1.82. The van der Waals surface area contributed by atoms with Gasteiger partial charge in [0.2, 0.25) is 5.88 Å². The summed E-state index contributed by atoms with van der Waals surface area (Å²) < 4.78 is 69.2. The van der Waals surface area contributed by atoms with E-state index in [0.29, 0.717) is 6.20 Å². The van der Waals surface area contributed by atoms with Crippen molar-refractivity contribution in [3.8, 4) is 5.88 Å². The van der Waals surface area contributed by atoms with Crippen LogP contribution in [0.25, 0.3) is 0 Å². The predicted molar refractivity (Wildman–Crippen MR) is 47.0 cm³/mol. The number of pyridine rings is 1. The first-order valence-corrected chi connectivity index (χ1v) is 4.37. The first-order valence-electron chi connectivity index (χ1n) is 4.37. The molecule has 1 aromatic rings. The molecular weight excluding hydrogens is 265 g/mol. The zero-order valence-electron chi connectivity index (χ0n) is 8.85. The molecule has 0 aromatic carbocycles. The molecule has 0 spiro atoms. The lowest BCUT2D eigenvalue weighted by Gasteiger charge is -2.12. The number of aromatic nitrogens is 1. The van der Waals surface area contributed by atoms with Crippen LogP contribution in [0.15, 0.2) is 6.20 Å². The Kier molecular flexibility index (Phi) is 4.04. The van der Waals surface area contributed by atoms with Gasteiger partial charge in [0.1, 0.15) is 12.2 Å². The maximum atomic E-state index is 13.5. The summed E-state index contributed by atoms with van der Waals surface area (Å²) in [5, 5.41) is 0. The molecule has 4 nitrogen and oxygen atoms in total. The number of halogens is 5. The summed E-state index contributed by atoms with van der Waals surface area (Å²) in [4.78, 5) is 14.1. The van der Waals surface area contributed by atoms with E-state index in [-0.39, 0.29) is 0 Å². The van der Waals surface area contributed by atoms with Gasteiger partial charge in [-0.3, -0.25) is 0 Å². The Morgan fingerprint density at radius 2 is 2.06 bits per heavy atom. The van der Waals surface area contributed by atoms with Crippen LogP contribution in [0.2, 0.25) is 0 Å². The lowest BCUT2D eigenvalue weighted by molar-refractivity contribution is -0.276. The highest BCUT2D eigenvalue weighted by molar-refractivity contribution is 5.89. The maximum absolute atomic E-state index is 13.5. The molecule has 0 aliphatic rings. The third-order valence-corrected chi connectivity index (χ3v) is 1.82. The van der Waals surface area contributed by atoms with Crippen LogP contribution in [0.5, 0.6) is 5.88 Å². The number of carbonyl (C=O) groups excluding carboxylic acids is 1. The highest BCUT2D eigenvalue weighted by Crippen LogP contribution is 2.28. The molecule has 0 fully saturated rings. The van der Waals surface area contributed by atoms with Gasteiger partial charge in [0.25, 0.3) is 0 Å². The molecule has 1 heterocycles. The summed E-state index contributed by atoms with van der Waals surface area (Å²) in [5.74, 6) is -3.97. The van der Waals surface area contributed by atoms with Crippen molar-refractivity contribution in [2.24, 2.45) is 0 Å². The molecule has 0 N–H and O–H groups in total. The van der Waals surface area contributed by atoms with Crippen molar-refractivity contribution in [1.82, 2.24) is 4.98 Å². The Balaban J connectivity index is 3.25. The molecule has 0 aliphatic heterocycles. The van der Waals surface area contributed by atoms with Crippen molar-refractivity contribution in [2.75, 3.05) is 7.11 Å². The Bertz CT molecular complexity index is 460. The van der Waals surface area contributed by atoms with Crippen molar-refractivity contribution < 1.29 is 36.2 Å². The number of alkyl halides is 4. The average Bonchev–Trinajstić information content (AvgIpc) is 2.26. The van der Waals surface area contributed by atoms with Crippen molar-refractivity contribution in [3.05, 3.63) is 23.1 Å². The fourth-order valence-electron chi connectivity index (χ4n) is 1.08. The molecule has 0 aliphatic carbocycles. The standard InChI is InChI=1S/C9H6F5NO3/c1-17-8(16)5-3-15-7(18-9(12,13)14)4(2-10)6(5)11/h3H,2H2,1H3. The highest BCUT2D eigenvalue weighted by Gasteiger charge is 2.34. The molecule has 0 saturated heterocycles. The van der Waals surface area contributed by atoms with Gasteiger partial charge >= 0.3 is 12.3 Å². The first kappa shape index (κ1) is 14.1. The summed E-state index contributed by atoms with van der Waals surface area (Å²) in [6, 6.07) is 0. The minimum atomic E-state index is -5.14. The molecule has 0 radical (unpaired) electrons. The Hall–Kier alpha value is -1.93. The van der Waals surface area contributed by atoms with Crippen LogP contribution in [0, 0.1) is 5.82 Å². The molecule has 0 unspecified atom stereocenters. The van der Waals surface area contributed by atoms with Crippen molar-refractivity contribution in [2.45, 2.75) is 13.0 Å². The van der Waals surface area contributed by atoms with Gasteiger partial charge in [-0.15, -0.1) is 13.2 Å². The van der Waals surface area contributed by atoms with E-state index in [2.05, 4.69) is 14.5 Å². The van der Waals surface area contributed by atoms with Gasteiger partial charge in [-0.25, -0.2) is 18.6 Å². The maximum Gasteiger partial charge on any atom is 0.574 e. The van der Waals surface area contributed by atoms with Gasteiger partial charge in [0.05, 0.1) is 12.7 Å². The SMILES string of the molecule is COC(=O)c1cnc(OC(F)(F)F)c(CF)c1F. The highest BCUT2D eigenvalue weighted by atomic mass is 19.4. The second kappa shape index (κ2) is 5.15.